The molecule has 1 heterocycles. The maximum absolute atomic E-state index is 11.6. The standard InChI is InChI=1S/C11H13NO4/c1-4-9(13)16-6-5-12-10(14)7(2)8(3)11(12)15/h4H,1,5-6H2,2-3H3. The molecule has 86 valence electrons. The largest absolute Gasteiger partial charge is 0.461 e. The molecular formula is C11H13NO4. The molecule has 0 bridgehead atoms. The van der Waals surface area contributed by atoms with Gasteiger partial charge in [-0.25, -0.2) is 4.79 Å². The van der Waals surface area contributed by atoms with Crippen molar-refractivity contribution in [3.8, 4) is 0 Å². The maximum atomic E-state index is 11.6. The van der Waals surface area contributed by atoms with Crippen LogP contribution in [0.15, 0.2) is 23.8 Å². The highest BCUT2D eigenvalue weighted by atomic mass is 16.5. The normalized spacial score (nSPS) is 15.8. The van der Waals surface area contributed by atoms with Gasteiger partial charge < -0.3 is 4.74 Å². The second-order valence-electron chi connectivity index (χ2n) is 3.38. The molecule has 0 saturated carbocycles. The van der Waals surface area contributed by atoms with Gasteiger partial charge in [0.2, 0.25) is 0 Å². The fourth-order valence-electron chi connectivity index (χ4n) is 1.32. The molecule has 0 saturated heterocycles. The second-order valence-corrected chi connectivity index (χ2v) is 3.38. The molecule has 0 fully saturated rings. The minimum absolute atomic E-state index is 0.0110. The van der Waals surface area contributed by atoms with Gasteiger partial charge in [-0.15, -0.1) is 0 Å². The van der Waals surface area contributed by atoms with Crippen LogP contribution in [-0.2, 0) is 19.1 Å². The molecule has 1 aliphatic rings. The maximum Gasteiger partial charge on any atom is 0.330 e. The van der Waals surface area contributed by atoms with E-state index in [4.69, 9.17) is 4.74 Å². The molecule has 0 aromatic rings. The number of carbonyl (C=O) groups is 3. The molecule has 5 nitrogen and oxygen atoms in total. The van der Waals surface area contributed by atoms with Crippen LogP contribution in [0.5, 0.6) is 0 Å². The molecule has 0 atom stereocenters. The topological polar surface area (TPSA) is 63.7 Å². The first-order valence-electron chi connectivity index (χ1n) is 4.82. The molecule has 0 N–H and O–H groups in total. The summed E-state index contributed by atoms with van der Waals surface area (Å²) in [6, 6.07) is 0. The van der Waals surface area contributed by atoms with Crippen molar-refractivity contribution in [3.05, 3.63) is 23.8 Å². The number of carbonyl (C=O) groups excluding carboxylic acids is 3. The Labute approximate surface area is 93.4 Å². The van der Waals surface area contributed by atoms with E-state index in [0.717, 1.165) is 11.0 Å². The Morgan fingerprint density at radius 3 is 2.25 bits per heavy atom. The molecule has 0 radical (unpaired) electrons. The van der Waals surface area contributed by atoms with Gasteiger partial charge in [-0.3, -0.25) is 14.5 Å². The number of imide groups is 1. The third-order valence-electron chi connectivity index (χ3n) is 2.42. The highest BCUT2D eigenvalue weighted by Crippen LogP contribution is 2.18. The van der Waals surface area contributed by atoms with Crippen molar-refractivity contribution in [1.82, 2.24) is 4.90 Å². The number of hydrogen-bond acceptors (Lipinski definition) is 4. The monoisotopic (exact) mass is 223 g/mol. The average Bonchev–Trinajstić information content (AvgIpc) is 2.46. The Hall–Kier alpha value is -1.91. The summed E-state index contributed by atoms with van der Waals surface area (Å²) in [5.74, 6) is -1.21. The van der Waals surface area contributed by atoms with Crippen molar-refractivity contribution < 1.29 is 19.1 Å². The SMILES string of the molecule is C=CC(=O)OCCN1C(=O)C(C)=C(C)C1=O. The fourth-order valence-corrected chi connectivity index (χ4v) is 1.32. The van der Waals surface area contributed by atoms with Crippen LogP contribution in [0.1, 0.15) is 13.8 Å². The van der Waals surface area contributed by atoms with E-state index in [1.807, 2.05) is 0 Å². The molecule has 1 rings (SSSR count). The molecule has 0 aromatic carbocycles. The summed E-state index contributed by atoms with van der Waals surface area (Å²) in [6.07, 6.45) is 1.03. The second kappa shape index (κ2) is 4.74. The van der Waals surface area contributed by atoms with E-state index in [9.17, 15) is 14.4 Å². The first-order chi connectivity index (χ1) is 7.49. The number of nitrogens with zero attached hydrogens (tertiary/aromatic N) is 1. The van der Waals surface area contributed by atoms with E-state index < -0.39 is 5.97 Å². The molecule has 16 heavy (non-hydrogen) atoms. The lowest BCUT2D eigenvalue weighted by atomic mass is 10.2. The van der Waals surface area contributed by atoms with E-state index in [-0.39, 0.29) is 25.0 Å². The first kappa shape index (κ1) is 12.2. The number of amides is 2. The van der Waals surface area contributed by atoms with Gasteiger partial charge in [0.25, 0.3) is 11.8 Å². The van der Waals surface area contributed by atoms with Crippen molar-refractivity contribution in [2.45, 2.75) is 13.8 Å². The van der Waals surface area contributed by atoms with Crippen molar-refractivity contribution >= 4 is 17.8 Å². The zero-order chi connectivity index (χ0) is 12.3. The quantitative estimate of drug-likeness (QED) is 0.393. The van der Waals surface area contributed by atoms with Gasteiger partial charge >= 0.3 is 5.97 Å². The zero-order valence-electron chi connectivity index (χ0n) is 9.28. The molecule has 0 spiro atoms. The number of esters is 1. The van der Waals surface area contributed by atoms with Crippen molar-refractivity contribution in [2.24, 2.45) is 0 Å². The highest BCUT2D eigenvalue weighted by molar-refractivity contribution is 6.18. The van der Waals surface area contributed by atoms with Gasteiger partial charge in [0.1, 0.15) is 6.61 Å². The summed E-state index contributed by atoms with van der Waals surface area (Å²) in [6.45, 7) is 6.50. The lowest BCUT2D eigenvalue weighted by molar-refractivity contribution is -0.144. The highest BCUT2D eigenvalue weighted by Gasteiger charge is 2.32. The van der Waals surface area contributed by atoms with Crippen molar-refractivity contribution in [3.63, 3.8) is 0 Å². The third kappa shape index (κ3) is 2.18. The van der Waals surface area contributed by atoms with E-state index in [1.54, 1.807) is 13.8 Å². The Balaban J connectivity index is 2.53. The summed E-state index contributed by atoms with van der Waals surface area (Å²) in [5.41, 5.74) is 0.889. The fraction of sp³-hybridized carbons (Fsp3) is 0.364. The molecule has 5 heteroatoms. The van der Waals surface area contributed by atoms with Gasteiger partial charge in [-0.2, -0.15) is 0 Å². The van der Waals surface area contributed by atoms with Gasteiger partial charge in [-0.1, -0.05) is 6.58 Å². The predicted octanol–water partition coefficient (Wildman–Crippen LogP) is 0.421. The van der Waals surface area contributed by atoms with Gasteiger partial charge in [0, 0.05) is 17.2 Å². The van der Waals surface area contributed by atoms with Crippen molar-refractivity contribution in [1.29, 1.82) is 0 Å². The zero-order valence-corrected chi connectivity index (χ0v) is 9.28. The molecular weight excluding hydrogens is 210 g/mol. The van der Waals surface area contributed by atoms with Crippen LogP contribution in [0.2, 0.25) is 0 Å². The predicted molar refractivity (Wildman–Crippen MR) is 56.3 cm³/mol. The lowest BCUT2D eigenvalue weighted by Crippen LogP contribution is -2.34. The van der Waals surface area contributed by atoms with Gasteiger partial charge in [0.15, 0.2) is 0 Å². The van der Waals surface area contributed by atoms with E-state index in [1.165, 1.54) is 0 Å². The van der Waals surface area contributed by atoms with Crippen molar-refractivity contribution in [2.75, 3.05) is 13.2 Å². The number of ether oxygens (including phenoxy) is 1. The minimum atomic E-state index is -0.569. The van der Waals surface area contributed by atoms with Gasteiger partial charge in [0.05, 0.1) is 6.54 Å². The summed E-state index contributed by atoms with van der Waals surface area (Å²) in [4.78, 5) is 34.9. The lowest BCUT2D eigenvalue weighted by Gasteiger charge is -2.14. The summed E-state index contributed by atoms with van der Waals surface area (Å²) in [7, 11) is 0. The van der Waals surface area contributed by atoms with Crippen LogP contribution < -0.4 is 0 Å². The van der Waals surface area contributed by atoms with Crippen LogP contribution in [0.25, 0.3) is 0 Å². The Bertz CT molecular complexity index is 371. The Morgan fingerprint density at radius 2 is 1.81 bits per heavy atom. The summed E-state index contributed by atoms with van der Waals surface area (Å²) in [5, 5.41) is 0. The molecule has 2 amide bonds. The van der Waals surface area contributed by atoms with Crippen LogP contribution in [-0.4, -0.2) is 35.8 Å². The first-order valence-corrected chi connectivity index (χ1v) is 4.82. The van der Waals surface area contributed by atoms with Crippen LogP contribution >= 0.6 is 0 Å². The Morgan fingerprint density at radius 1 is 1.31 bits per heavy atom. The van der Waals surface area contributed by atoms with Gasteiger partial charge in [-0.05, 0) is 13.8 Å². The van der Waals surface area contributed by atoms with Crippen LogP contribution in [0.3, 0.4) is 0 Å². The number of rotatable bonds is 4. The van der Waals surface area contributed by atoms with E-state index in [2.05, 4.69) is 6.58 Å². The molecule has 0 aliphatic carbocycles. The Kier molecular flexibility index (Phi) is 3.60. The third-order valence-corrected chi connectivity index (χ3v) is 2.42. The minimum Gasteiger partial charge on any atom is -0.461 e. The molecule has 0 unspecified atom stereocenters. The van der Waals surface area contributed by atoms with Crippen LogP contribution in [0.4, 0.5) is 0 Å². The van der Waals surface area contributed by atoms with Crippen LogP contribution in [0, 0.1) is 0 Å². The summed E-state index contributed by atoms with van der Waals surface area (Å²) >= 11 is 0. The smallest absolute Gasteiger partial charge is 0.330 e. The average molecular weight is 223 g/mol. The van der Waals surface area contributed by atoms with E-state index in [0.29, 0.717) is 11.1 Å². The number of hydrogen-bond donors (Lipinski definition) is 0. The molecule has 1 aliphatic heterocycles. The summed E-state index contributed by atoms with van der Waals surface area (Å²) < 4.78 is 4.70. The molecule has 0 aromatic heterocycles. The van der Waals surface area contributed by atoms with E-state index >= 15 is 0 Å².